The summed E-state index contributed by atoms with van der Waals surface area (Å²) < 4.78 is 0. The van der Waals surface area contributed by atoms with Crippen molar-refractivity contribution in [3.63, 3.8) is 0 Å². The molecule has 0 atom stereocenters. The molecule has 56 valence electrons. The minimum atomic E-state index is 0.0966. The molecular weight excluding hydrogens is 126 g/mol. The van der Waals surface area contributed by atoms with Crippen molar-refractivity contribution in [2.24, 2.45) is 5.41 Å². The summed E-state index contributed by atoms with van der Waals surface area (Å²) in [6.45, 7) is 2.15. The van der Waals surface area contributed by atoms with Crippen molar-refractivity contribution in [2.75, 3.05) is 0 Å². The zero-order valence-corrected chi connectivity index (χ0v) is 6.31. The Labute approximate surface area is 61.0 Å². The fraction of sp³-hybridized carbons (Fsp3) is 0.875. The molecule has 1 aliphatic carbocycles. The van der Waals surface area contributed by atoms with E-state index < -0.39 is 0 Å². The number of carbonyl (C=O) groups excluding carboxylic acids is 1. The molecule has 0 aromatic carbocycles. The van der Waals surface area contributed by atoms with E-state index in [-0.39, 0.29) is 5.41 Å². The molecule has 2 nitrogen and oxygen atoms in total. The summed E-state index contributed by atoms with van der Waals surface area (Å²) in [5.41, 5.74) is 0.0966. The lowest BCUT2D eigenvalue weighted by Crippen LogP contribution is -2.34. The van der Waals surface area contributed by atoms with Crippen molar-refractivity contribution in [1.29, 1.82) is 0 Å². The molecule has 1 amide bonds. The third kappa shape index (κ3) is 0.568. The van der Waals surface area contributed by atoms with Gasteiger partial charge in [-0.25, -0.2) is 0 Å². The van der Waals surface area contributed by atoms with Gasteiger partial charge in [0.25, 0.3) is 0 Å². The minimum Gasteiger partial charge on any atom is -0.353 e. The summed E-state index contributed by atoms with van der Waals surface area (Å²) in [4.78, 5) is 11.2. The Morgan fingerprint density at radius 3 is 2.80 bits per heavy atom. The Hall–Kier alpha value is -0.530. The van der Waals surface area contributed by atoms with Crippen LogP contribution >= 0.6 is 0 Å². The van der Waals surface area contributed by atoms with Crippen LogP contribution in [0.1, 0.15) is 32.6 Å². The van der Waals surface area contributed by atoms with Crippen LogP contribution < -0.4 is 5.32 Å². The number of rotatable bonds is 2. The molecule has 2 aliphatic heterocycles. The van der Waals surface area contributed by atoms with Crippen molar-refractivity contribution in [2.45, 2.75) is 38.6 Å². The molecule has 2 bridgehead atoms. The molecule has 1 saturated carbocycles. The maximum Gasteiger partial charge on any atom is 0.226 e. The summed E-state index contributed by atoms with van der Waals surface area (Å²) in [5.74, 6) is 0.319. The number of hydrogen-bond donors (Lipinski definition) is 1. The molecule has 3 rings (SSSR count). The molecule has 3 aliphatic rings. The molecule has 3 fully saturated rings. The van der Waals surface area contributed by atoms with Crippen molar-refractivity contribution >= 4 is 5.91 Å². The fourth-order valence-electron chi connectivity index (χ4n) is 2.31. The van der Waals surface area contributed by atoms with Crippen LogP contribution in [0.2, 0.25) is 0 Å². The first-order valence-corrected chi connectivity index (χ1v) is 4.08. The summed E-state index contributed by atoms with van der Waals surface area (Å²) in [6, 6.07) is 0.541. The Bertz CT molecular complexity index is 170. The number of carbonyl (C=O) groups is 1. The Kier molecular flexibility index (Phi) is 1.08. The first kappa shape index (κ1) is 6.20. The first-order valence-electron chi connectivity index (χ1n) is 4.08. The Morgan fingerprint density at radius 1 is 1.70 bits per heavy atom. The van der Waals surface area contributed by atoms with Gasteiger partial charge in [-0.3, -0.25) is 4.79 Å². The normalized spacial score (nSPS) is 42.9. The third-order valence-electron chi connectivity index (χ3n) is 2.82. The quantitative estimate of drug-likeness (QED) is 0.609. The summed E-state index contributed by atoms with van der Waals surface area (Å²) in [6.07, 6.45) is 4.45. The van der Waals surface area contributed by atoms with Gasteiger partial charge in [-0.05, 0) is 19.3 Å². The lowest BCUT2D eigenvalue weighted by atomic mass is 9.67. The largest absolute Gasteiger partial charge is 0.353 e. The van der Waals surface area contributed by atoms with Crippen molar-refractivity contribution in [3.8, 4) is 0 Å². The van der Waals surface area contributed by atoms with Crippen molar-refractivity contribution < 1.29 is 4.79 Å². The second-order valence-electron chi connectivity index (χ2n) is 3.61. The molecular formula is C8H13NO. The molecule has 0 aromatic heterocycles. The number of fused-ring (bicyclic) bond motifs is 1. The molecule has 0 aromatic rings. The van der Waals surface area contributed by atoms with E-state index in [9.17, 15) is 4.79 Å². The lowest BCUT2D eigenvalue weighted by Gasteiger charge is -2.33. The van der Waals surface area contributed by atoms with Crippen molar-refractivity contribution in [3.05, 3.63) is 0 Å². The van der Waals surface area contributed by atoms with Gasteiger partial charge in [0.15, 0.2) is 0 Å². The topological polar surface area (TPSA) is 29.1 Å². The molecule has 2 saturated heterocycles. The highest BCUT2D eigenvalue weighted by Crippen LogP contribution is 2.50. The summed E-state index contributed by atoms with van der Waals surface area (Å²) >= 11 is 0. The molecule has 10 heavy (non-hydrogen) atoms. The van der Waals surface area contributed by atoms with Gasteiger partial charge in [0, 0.05) is 6.04 Å². The summed E-state index contributed by atoms with van der Waals surface area (Å²) in [7, 11) is 0. The van der Waals surface area contributed by atoms with Gasteiger partial charge in [0.1, 0.15) is 0 Å². The smallest absolute Gasteiger partial charge is 0.226 e. The van der Waals surface area contributed by atoms with Crippen LogP contribution in [0.15, 0.2) is 0 Å². The second-order valence-corrected chi connectivity index (χ2v) is 3.61. The Morgan fingerprint density at radius 2 is 2.40 bits per heavy atom. The standard InChI is InChI=1S/C8H13NO/c1-2-3-8-4-6(5-8)9-7(8)10/h6H,2-5H2,1H3,(H,9,10). The van der Waals surface area contributed by atoms with E-state index in [0.717, 1.165) is 25.7 Å². The van der Waals surface area contributed by atoms with Crippen LogP contribution in [0.3, 0.4) is 0 Å². The average Bonchev–Trinajstić information content (AvgIpc) is 2.20. The van der Waals surface area contributed by atoms with Gasteiger partial charge < -0.3 is 5.32 Å². The third-order valence-corrected chi connectivity index (χ3v) is 2.82. The predicted molar refractivity (Wildman–Crippen MR) is 38.5 cm³/mol. The van der Waals surface area contributed by atoms with Gasteiger partial charge in [0.2, 0.25) is 5.91 Å². The van der Waals surface area contributed by atoms with E-state index >= 15 is 0 Å². The van der Waals surface area contributed by atoms with E-state index in [1.807, 2.05) is 0 Å². The van der Waals surface area contributed by atoms with Crippen LogP contribution in [-0.4, -0.2) is 11.9 Å². The highest BCUT2D eigenvalue weighted by Gasteiger charge is 2.56. The monoisotopic (exact) mass is 139 g/mol. The van der Waals surface area contributed by atoms with Gasteiger partial charge in [-0.2, -0.15) is 0 Å². The van der Waals surface area contributed by atoms with E-state index in [4.69, 9.17) is 0 Å². The van der Waals surface area contributed by atoms with E-state index in [0.29, 0.717) is 11.9 Å². The molecule has 2 heteroatoms. The van der Waals surface area contributed by atoms with Crippen LogP contribution in [0.5, 0.6) is 0 Å². The number of amides is 1. The van der Waals surface area contributed by atoms with Gasteiger partial charge in [-0.15, -0.1) is 0 Å². The van der Waals surface area contributed by atoms with Gasteiger partial charge >= 0.3 is 0 Å². The lowest BCUT2D eigenvalue weighted by molar-refractivity contribution is -0.127. The van der Waals surface area contributed by atoms with Gasteiger partial charge in [0.05, 0.1) is 5.41 Å². The Balaban J connectivity index is 2.10. The maximum atomic E-state index is 11.2. The number of nitrogens with one attached hydrogen (secondary N) is 1. The number of hydrogen-bond acceptors (Lipinski definition) is 1. The minimum absolute atomic E-state index is 0.0966. The maximum absolute atomic E-state index is 11.2. The van der Waals surface area contributed by atoms with Crippen LogP contribution in [-0.2, 0) is 4.79 Å². The molecule has 0 spiro atoms. The SMILES string of the molecule is CCCC12CC(C1)NC2=O. The molecule has 1 N–H and O–H groups in total. The van der Waals surface area contributed by atoms with Crippen molar-refractivity contribution in [1.82, 2.24) is 5.32 Å². The zero-order valence-electron chi connectivity index (χ0n) is 6.31. The van der Waals surface area contributed by atoms with E-state index in [1.165, 1.54) is 0 Å². The highest BCUT2D eigenvalue weighted by atomic mass is 16.2. The summed E-state index contributed by atoms with van der Waals surface area (Å²) in [5, 5.41) is 2.98. The molecule has 0 radical (unpaired) electrons. The van der Waals surface area contributed by atoms with Crippen LogP contribution in [0.25, 0.3) is 0 Å². The predicted octanol–water partition coefficient (Wildman–Crippen LogP) is 1.07. The van der Waals surface area contributed by atoms with E-state index in [1.54, 1.807) is 0 Å². The average molecular weight is 139 g/mol. The fourth-order valence-corrected chi connectivity index (χ4v) is 2.31. The van der Waals surface area contributed by atoms with Gasteiger partial charge in [-0.1, -0.05) is 13.3 Å². The molecule has 0 unspecified atom stereocenters. The van der Waals surface area contributed by atoms with E-state index in [2.05, 4.69) is 12.2 Å². The second kappa shape index (κ2) is 1.74. The first-order chi connectivity index (χ1) is 4.77. The highest BCUT2D eigenvalue weighted by molar-refractivity contribution is 5.88. The zero-order chi connectivity index (χ0) is 7.19. The van der Waals surface area contributed by atoms with Crippen LogP contribution in [0, 0.1) is 5.41 Å². The van der Waals surface area contributed by atoms with Crippen LogP contribution in [0.4, 0.5) is 0 Å². The molecule has 2 heterocycles.